The van der Waals surface area contributed by atoms with Gasteiger partial charge in [0.05, 0.1) is 33.1 Å². The number of nitrogens with one attached hydrogen (secondary N) is 2. The second-order valence-corrected chi connectivity index (χ2v) is 5.45. The summed E-state index contributed by atoms with van der Waals surface area (Å²) < 4.78 is 15.7. The van der Waals surface area contributed by atoms with Crippen molar-refractivity contribution in [1.82, 2.24) is 10.4 Å². The Bertz CT molecular complexity index is 945. The molecule has 0 aliphatic carbocycles. The third-order valence-electron chi connectivity index (χ3n) is 3.87. The van der Waals surface area contributed by atoms with Gasteiger partial charge >= 0.3 is 0 Å². The minimum absolute atomic E-state index is 0.355. The van der Waals surface area contributed by atoms with Crippen molar-refractivity contribution in [2.24, 2.45) is 5.10 Å². The lowest BCUT2D eigenvalue weighted by Crippen LogP contribution is -2.17. The Morgan fingerprint density at radius 3 is 2.38 bits per heavy atom. The van der Waals surface area contributed by atoms with E-state index in [-0.39, 0.29) is 5.91 Å². The van der Waals surface area contributed by atoms with Crippen LogP contribution in [0.25, 0.3) is 10.9 Å². The molecule has 0 aliphatic rings. The van der Waals surface area contributed by atoms with Crippen LogP contribution in [0.2, 0.25) is 0 Å². The first-order valence-electron chi connectivity index (χ1n) is 7.87. The van der Waals surface area contributed by atoms with Gasteiger partial charge in [-0.3, -0.25) is 4.79 Å². The summed E-state index contributed by atoms with van der Waals surface area (Å²) in [4.78, 5) is 15.4. The zero-order chi connectivity index (χ0) is 18.5. The number of ether oxygens (including phenoxy) is 3. The number of aromatic amines is 1. The monoisotopic (exact) mass is 353 g/mol. The summed E-state index contributed by atoms with van der Waals surface area (Å²) in [5.41, 5.74) is 4.46. The number of rotatable bonds is 6. The van der Waals surface area contributed by atoms with Gasteiger partial charge in [0.15, 0.2) is 0 Å². The molecule has 1 aromatic heterocycles. The molecule has 0 spiro atoms. The van der Waals surface area contributed by atoms with E-state index in [9.17, 15) is 4.79 Å². The van der Waals surface area contributed by atoms with Gasteiger partial charge in [-0.05, 0) is 35.9 Å². The Kier molecular flexibility index (Phi) is 5.07. The lowest BCUT2D eigenvalue weighted by molar-refractivity contribution is 0.0951. The van der Waals surface area contributed by atoms with Crippen LogP contribution in [0.3, 0.4) is 0 Å². The Morgan fingerprint density at radius 2 is 1.73 bits per heavy atom. The smallest absolute Gasteiger partial charge is 0.287 e. The van der Waals surface area contributed by atoms with Crippen LogP contribution in [0, 0.1) is 0 Å². The normalized spacial score (nSPS) is 10.9. The molecule has 134 valence electrons. The molecule has 2 N–H and O–H groups in total. The van der Waals surface area contributed by atoms with E-state index in [0.29, 0.717) is 17.2 Å². The summed E-state index contributed by atoms with van der Waals surface area (Å²) in [7, 11) is 4.75. The van der Waals surface area contributed by atoms with Crippen molar-refractivity contribution in [2.75, 3.05) is 21.3 Å². The van der Waals surface area contributed by atoms with Crippen LogP contribution in [0.5, 0.6) is 17.2 Å². The summed E-state index contributed by atoms with van der Waals surface area (Å²) in [5, 5.41) is 4.77. The molecule has 3 aromatic rings. The molecule has 7 nitrogen and oxygen atoms in total. The first-order chi connectivity index (χ1) is 12.6. The summed E-state index contributed by atoms with van der Waals surface area (Å²) in [6.07, 6.45) is 1.56. The number of hydrogen-bond donors (Lipinski definition) is 2. The molecule has 2 aromatic carbocycles. The van der Waals surface area contributed by atoms with Crippen molar-refractivity contribution < 1.29 is 19.0 Å². The Balaban J connectivity index is 1.75. The standard InChI is InChI=1S/C19H19N3O4/c1-24-13-6-4-12(5-7-13)11-20-22-19(23)17-10-15-16(21-17)8-14(25-2)9-18(15)26-3/h4-11,21H,1-3H3,(H,22,23)/b20-11+. The quantitative estimate of drug-likeness (QED) is 0.527. The number of nitrogens with zero attached hydrogens (tertiary/aromatic N) is 1. The lowest BCUT2D eigenvalue weighted by Gasteiger charge is -2.04. The van der Waals surface area contributed by atoms with E-state index in [2.05, 4.69) is 15.5 Å². The molecule has 0 bridgehead atoms. The number of hydrazone groups is 1. The first-order valence-corrected chi connectivity index (χ1v) is 7.87. The van der Waals surface area contributed by atoms with Gasteiger partial charge in [0.2, 0.25) is 0 Å². The van der Waals surface area contributed by atoms with Crippen LogP contribution >= 0.6 is 0 Å². The average molecular weight is 353 g/mol. The maximum Gasteiger partial charge on any atom is 0.287 e. The van der Waals surface area contributed by atoms with E-state index in [1.165, 1.54) is 0 Å². The summed E-state index contributed by atoms with van der Waals surface area (Å²) in [5.74, 6) is 1.66. The average Bonchev–Trinajstić information content (AvgIpc) is 3.11. The number of H-pyrrole nitrogens is 1. The van der Waals surface area contributed by atoms with Crippen molar-refractivity contribution in [3.05, 3.63) is 53.7 Å². The Labute approximate surface area is 150 Å². The number of carbonyl (C=O) groups is 1. The highest BCUT2D eigenvalue weighted by atomic mass is 16.5. The summed E-state index contributed by atoms with van der Waals surface area (Å²) in [6.45, 7) is 0. The molecule has 0 radical (unpaired) electrons. The highest BCUT2D eigenvalue weighted by Crippen LogP contribution is 2.31. The topological polar surface area (TPSA) is 84.9 Å². The fraction of sp³-hybridized carbons (Fsp3) is 0.158. The predicted molar refractivity (Wildman–Crippen MR) is 99.5 cm³/mol. The lowest BCUT2D eigenvalue weighted by atomic mass is 10.2. The van der Waals surface area contributed by atoms with Crippen LogP contribution in [0.1, 0.15) is 16.1 Å². The molecule has 0 aliphatic heterocycles. The van der Waals surface area contributed by atoms with Crippen LogP contribution < -0.4 is 19.6 Å². The van der Waals surface area contributed by atoms with Gasteiger partial charge in [0.25, 0.3) is 5.91 Å². The molecule has 7 heteroatoms. The number of aromatic nitrogens is 1. The molecular formula is C19H19N3O4. The molecule has 3 rings (SSSR count). The molecule has 0 unspecified atom stereocenters. The molecule has 0 saturated heterocycles. The highest BCUT2D eigenvalue weighted by Gasteiger charge is 2.13. The predicted octanol–water partition coefficient (Wildman–Crippen LogP) is 2.96. The highest BCUT2D eigenvalue weighted by molar-refractivity contribution is 6.00. The second-order valence-electron chi connectivity index (χ2n) is 5.45. The van der Waals surface area contributed by atoms with Crippen molar-refractivity contribution in [3.63, 3.8) is 0 Å². The van der Waals surface area contributed by atoms with Crippen molar-refractivity contribution in [1.29, 1.82) is 0 Å². The van der Waals surface area contributed by atoms with E-state index in [1.54, 1.807) is 45.7 Å². The maximum absolute atomic E-state index is 12.3. The minimum atomic E-state index is -0.355. The molecule has 1 amide bonds. The van der Waals surface area contributed by atoms with Crippen LogP contribution in [-0.4, -0.2) is 38.4 Å². The summed E-state index contributed by atoms with van der Waals surface area (Å²) in [6, 6.07) is 12.6. The fourth-order valence-corrected chi connectivity index (χ4v) is 2.50. The van der Waals surface area contributed by atoms with E-state index >= 15 is 0 Å². The van der Waals surface area contributed by atoms with Gasteiger partial charge < -0.3 is 19.2 Å². The SMILES string of the molecule is COc1ccc(/C=N/NC(=O)c2cc3c(OC)cc(OC)cc3[nH]2)cc1. The van der Waals surface area contributed by atoms with Gasteiger partial charge in [-0.15, -0.1) is 0 Å². The number of methoxy groups -OCH3 is 3. The number of fused-ring (bicyclic) bond motifs is 1. The first kappa shape index (κ1) is 17.3. The van der Waals surface area contributed by atoms with E-state index in [4.69, 9.17) is 14.2 Å². The van der Waals surface area contributed by atoms with E-state index in [0.717, 1.165) is 22.2 Å². The fourth-order valence-electron chi connectivity index (χ4n) is 2.50. The second kappa shape index (κ2) is 7.60. The van der Waals surface area contributed by atoms with E-state index in [1.807, 2.05) is 24.3 Å². The van der Waals surface area contributed by atoms with Crippen LogP contribution in [0.15, 0.2) is 47.6 Å². The van der Waals surface area contributed by atoms with E-state index < -0.39 is 0 Å². The number of benzene rings is 2. The van der Waals surface area contributed by atoms with Crippen molar-refractivity contribution in [2.45, 2.75) is 0 Å². The third-order valence-corrected chi connectivity index (χ3v) is 3.87. The summed E-state index contributed by atoms with van der Waals surface area (Å²) >= 11 is 0. The minimum Gasteiger partial charge on any atom is -0.497 e. The zero-order valence-electron chi connectivity index (χ0n) is 14.7. The largest absolute Gasteiger partial charge is 0.497 e. The van der Waals surface area contributed by atoms with Crippen molar-refractivity contribution >= 4 is 23.0 Å². The zero-order valence-corrected chi connectivity index (χ0v) is 14.7. The maximum atomic E-state index is 12.3. The Hall–Kier alpha value is -3.48. The van der Waals surface area contributed by atoms with Gasteiger partial charge in [-0.1, -0.05) is 0 Å². The molecule has 0 saturated carbocycles. The van der Waals surface area contributed by atoms with Gasteiger partial charge in [0.1, 0.15) is 22.9 Å². The van der Waals surface area contributed by atoms with Crippen LogP contribution in [0.4, 0.5) is 0 Å². The number of carbonyl (C=O) groups excluding carboxylic acids is 1. The van der Waals surface area contributed by atoms with Crippen LogP contribution in [-0.2, 0) is 0 Å². The molecule has 1 heterocycles. The van der Waals surface area contributed by atoms with Gasteiger partial charge in [0, 0.05) is 17.5 Å². The number of hydrogen-bond acceptors (Lipinski definition) is 5. The molecule has 26 heavy (non-hydrogen) atoms. The third kappa shape index (κ3) is 3.61. The van der Waals surface area contributed by atoms with Crippen molar-refractivity contribution in [3.8, 4) is 17.2 Å². The molecule has 0 atom stereocenters. The number of amides is 1. The van der Waals surface area contributed by atoms with Gasteiger partial charge in [-0.2, -0.15) is 5.10 Å². The van der Waals surface area contributed by atoms with Gasteiger partial charge in [-0.25, -0.2) is 5.43 Å². The Morgan fingerprint density at radius 1 is 1.00 bits per heavy atom. The molecular weight excluding hydrogens is 334 g/mol. The molecule has 0 fully saturated rings.